The van der Waals surface area contributed by atoms with E-state index in [0.717, 1.165) is 23.7 Å². The van der Waals surface area contributed by atoms with Gasteiger partial charge in [0.05, 0.1) is 0 Å². The molecule has 2 aliphatic rings. The van der Waals surface area contributed by atoms with Crippen molar-refractivity contribution in [2.75, 3.05) is 0 Å². The highest BCUT2D eigenvalue weighted by atomic mass is 14.3. The lowest BCUT2D eigenvalue weighted by Gasteiger charge is -2.28. The topological polar surface area (TPSA) is 0 Å². The molecule has 2 fully saturated rings. The molecular formula is C25H44. The zero-order chi connectivity index (χ0) is 17.7. The first-order valence-corrected chi connectivity index (χ1v) is 11.6. The van der Waals surface area contributed by atoms with E-state index in [1.165, 1.54) is 103 Å². The molecular weight excluding hydrogens is 300 g/mol. The third kappa shape index (κ3) is 8.61. The summed E-state index contributed by atoms with van der Waals surface area (Å²) in [5, 5.41) is 0. The summed E-state index contributed by atoms with van der Waals surface area (Å²) >= 11 is 0. The van der Waals surface area contributed by atoms with Crippen LogP contribution in [0.2, 0.25) is 0 Å². The fraction of sp³-hybridized carbons (Fsp3) is 0.840. The molecule has 0 heterocycles. The summed E-state index contributed by atoms with van der Waals surface area (Å²) in [7, 11) is 0. The van der Waals surface area contributed by atoms with E-state index in [0.29, 0.717) is 0 Å². The molecule has 0 bridgehead atoms. The predicted octanol–water partition coefficient (Wildman–Crippen LogP) is 8.48. The summed E-state index contributed by atoms with van der Waals surface area (Å²) in [6.07, 6.45) is 30.3. The van der Waals surface area contributed by atoms with Crippen LogP contribution in [-0.4, -0.2) is 0 Å². The Bertz CT molecular complexity index is 350. The Morgan fingerprint density at radius 2 is 1.32 bits per heavy atom. The van der Waals surface area contributed by atoms with Gasteiger partial charge in [0.25, 0.3) is 0 Å². The average Bonchev–Trinajstić information content (AvgIpc) is 2.66. The van der Waals surface area contributed by atoms with Crippen LogP contribution in [0.5, 0.6) is 0 Å². The number of unbranched alkanes of at least 4 members (excludes halogenated alkanes) is 4. The van der Waals surface area contributed by atoms with Crippen molar-refractivity contribution in [2.45, 2.75) is 110 Å². The van der Waals surface area contributed by atoms with Crippen molar-refractivity contribution in [3.63, 3.8) is 0 Å². The monoisotopic (exact) mass is 344 g/mol. The lowest BCUT2D eigenvalue weighted by molar-refractivity contribution is 0.249. The summed E-state index contributed by atoms with van der Waals surface area (Å²) in [6, 6.07) is 0. The van der Waals surface area contributed by atoms with Gasteiger partial charge in [-0.25, -0.2) is 0 Å². The van der Waals surface area contributed by atoms with Gasteiger partial charge >= 0.3 is 0 Å². The molecule has 0 unspecified atom stereocenters. The van der Waals surface area contributed by atoms with Crippen LogP contribution in [-0.2, 0) is 0 Å². The molecule has 25 heavy (non-hydrogen) atoms. The number of rotatable bonds is 11. The van der Waals surface area contributed by atoms with Crippen molar-refractivity contribution in [3.05, 3.63) is 24.8 Å². The molecule has 0 aromatic rings. The molecule has 0 aliphatic heterocycles. The van der Waals surface area contributed by atoms with Gasteiger partial charge in [0.1, 0.15) is 0 Å². The van der Waals surface area contributed by atoms with Gasteiger partial charge in [-0.15, -0.1) is 6.58 Å². The molecule has 0 spiro atoms. The molecule has 0 aromatic carbocycles. The number of allylic oxidation sites excluding steroid dienone is 3. The second kappa shape index (κ2) is 12.8. The van der Waals surface area contributed by atoms with Gasteiger partial charge in [-0.05, 0) is 62.2 Å². The molecule has 0 atom stereocenters. The van der Waals surface area contributed by atoms with Crippen molar-refractivity contribution in [3.8, 4) is 0 Å². The molecule has 2 saturated carbocycles. The van der Waals surface area contributed by atoms with E-state index in [1.807, 2.05) is 0 Å². The smallest absolute Gasteiger partial charge is 0.0233 e. The van der Waals surface area contributed by atoms with Crippen LogP contribution in [0, 0.1) is 23.7 Å². The van der Waals surface area contributed by atoms with E-state index in [4.69, 9.17) is 0 Å². The van der Waals surface area contributed by atoms with Gasteiger partial charge in [0, 0.05) is 0 Å². The minimum atomic E-state index is 0.798. The lowest BCUT2D eigenvalue weighted by Crippen LogP contribution is -2.14. The van der Waals surface area contributed by atoms with Crippen molar-refractivity contribution >= 4 is 0 Å². The molecule has 0 heteroatoms. The molecule has 0 saturated heterocycles. The van der Waals surface area contributed by atoms with Crippen molar-refractivity contribution in [1.82, 2.24) is 0 Å². The average molecular weight is 345 g/mol. The standard InChI is InChI=1S/C25H44/c1-3-5-6-7-8-11-23-18-20-25(21-19-23)13-10-9-12-24-16-14-22(4-2)15-17-24/h4,9,12,22-25H,2-3,5-8,10-11,13-21H2,1H3/t22-,23-,24-,25-. The first-order valence-electron chi connectivity index (χ1n) is 11.6. The van der Waals surface area contributed by atoms with Gasteiger partial charge in [-0.1, -0.05) is 89.4 Å². The summed E-state index contributed by atoms with van der Waals surface area (Å²) in [5.41, 5.74) is 0. The minimum absolute atomic E-state index is 0.798. The maximum Gasteiger partial charge on any atom is -0.0233 e. The summed E-state index contributed by atoms with van der Waals surface area (Å²) in [4.78, 5) is 0. The molecule has 0 aromatic heterocycles. The summed E-state index contributed by atoms with van der Waals surface area (Å²) in [6.45, 7) is 6.26. The zero-order valence-electron chi connectivity index (χ0n) is 17.1. The third-order valence-corrected chi connectivity index (χ3v) is 6.98. The van der Waals surface area contributed by atoms with Gasteiger partial charge in [-0.2, -0.15) is 0 Å². The van der Waals surface area contributed by atoms with E-state index in [-0.39, 0.29) is 0 Å². The molecule has 2 aliphatic carbocycles. The third-order valence-electron chi connectivity index (χ3n) is 6.98. The van der Waals surface area contributed by atoms with Crippen LogP contribution in [0.1, 0.15) is 110 Å². The molecule has 2 rings (SSSR count). The Morgan fingerprint density at radius 1 is 0.720 bits per heavy atom. The van der Waals surface area contributed by atoms with Gasteiger partial charge in [0.15, 0.2) is 0 Å². The Kier molecular flexibility index (Phi) is 10.6. The Balaban J connectivity index is 1.48. The van der Waals surface area contributed by atoms with Gasteiger partial charge < -0.3 is 0 Å². The van der Waals surface area contributed by atoms with Crippen molar-refractivity contribution < 1.29 is 0 Å². The SMILES string of the molecule is C=C[C@H]1CC[C@H](C=CCC[C@H]2CC[C@H](CCCCCCC)CC2)CC1. The quantitative estimate of drug-likeness (QED) is 0.260. The van der Waals surface area contributed by atoms with E-state index in [2.05, 4.69) is 31.7 Å². The second-order valence-electron chi connectivity index (χ2n) is 9.01. The van der Waals surface area contributed by atoms with Crippen LogP contribution in [0.3, 0.4) is 0 Å². The van der Waals surface area contributed by atoms with Crippen LogP contribution in [0.25, 0.3) is 0 Å². The fourth-order valence-electron chi connectivity index (χ4n) is 5.04. The highest BCUT2D eigenvalue weighted by molar-refractivity contribution is 4.94. The van der Waals surface area contributed by atoms with Crippen LogP contribution in [0.4, 0.5) is 0 Å². The van der Waals surface area contributed by atoms with E-state index < -0.39 is 0 Å². The zero-order valence-corrected chi connectivity index (χ0v) is 17.1. The lowest BCUT2D eigenvalue weighted by atomic mass is 9.78. The van der Waals surface area contributed by atoms with Gasteiger partial charge in [0.2, 0.25) is 0 Å². The first-order chi connectivity index (χ1) is 12.3. The minimum Gasteiger partial charge on any atom is -0.103 e. The molecule has 0 amide bonds. The van der Waals surface area contributed by atoms with E-state index in [9.17, 15) is 0 Å². The molecule has 0 N–H and O–H groups in total. The molecule has 0 radical (unpaired) electrons. The van der Waals surface area contributed by atoms with E-state index >= 15 is 0 Å². The maximum absolute atomic E-state index is 3.95. The summed E-state index contributed by atoms with van der Waals surface area (Å²) < 4.78 is 0. The fourth-order valence-corrected chi connectivity index (χ4v) is 5.04. The van der Waals surface area contributed by atoms with Crippen LogP contribution >= 0.6 is 0 Å². The predicted molar refractivity (Wildman–Crippen MR) is 113 cm³/mol. The largest absolute Gasteiger partial charge is 0.103 e. The maximum atomic E-state index is 3.95. The normalized spacial score (nSPS) is 30.6. The highest BCUT2D eigenvalue weighted by Gasteiger charge is 2.20. The number of hydrogen-bond donors (Lipinski definition) is 0. The van der Waals surface area contributed by atoms with E-state index in [1.54, 1.807) is 0 Å². The van der Waals surface area contributed by atoms with Gasteiger partial charge in [-0.3, -0.25) is 0 Å². The first kappa shape index (κ1) is 20.8. The molecule has 0 nitrogen and oxygen atoms in total. The van der Waals surface area contributed by atoms with Crippen molar-refractivity contribution in [1.29, 1.82) is 0 Å². The Morgan fingerprint density at radius 3 is 1.96 bits per heavy atom. The highest BCUT2D eigenvalue weighted by Crippen LogP contribution is 2.35. The Labute approximate surface area is 158 Å². The second-order valence-corrected chi connectivity index (χ2v) is 9.01. The summed E-state index contributed by atoms with van der Waals surface area (Å²) in [5.74, 6) is 3.75. The van der Waals surface area contributed by atoms with Crippen molar-refractivity contribution in [2.24, 2.45) is 23.7 Å². The van der Waals surface area contributed by atoms with Crippen LogP contribution in [0.15, 0.2) is 24.8 Å². The number of hydrogen-bond acceptors (Lipinski definition) is 0. The van der Waals surface area contributed by atoms with Crippen LogP contribution < -0.4 is 0 Å². The molecule has 144 valence electrons. The Hall–Kier alpha value is -0.520.